The van der Waals surface area contributed by atoms with Gasteiger partial charge in [0, 0.05) is 25.2 Å². The number of nitrogens with one attached hydrogen (secondary N) is 1. The number of thiophene rings is 1. The lowest BCUT2D eigenvalue weighted by atomic mass is 9.99. The summed E-state index contributed by atoms with van der Waals surface area (Å²) in [4.78, 5) is 15.0. The first kappa shape index (κ1) is 25.4. The van der Waals surface area contributed by atoms with Crippen molar-refractivity contribution in [3.63, 3.8) is 0 Å². The van der Waals surface area contributed by atoms with E-state index in [4.69, 9.17) is 11.5 Å². The molecule has 32 heavy (non-hydrogen) atoms. The highest BCUT2D eigenvalue weighted by Gasteiger charge is 2.38. The number of halogens is 6. The molecule has 0 aliphatic carbocycles. The highest BCUT2D eigenvalue weighted by atomic mass is 32.1. The van der Waals surface area contributed by atoms with Crippen LogP contribution in [0.4, 0.5) is 26.3 Å². The van der Waals surface area contributed by atoms with Gasteiger partial charge in [0.1, 0.15) is 4.88 Å². The van der Waals surface area contributed by atoms with Crippen molar-refractivity contribution in [2.75, 3.05) is 13.6 Å². The molecular formula is C20H20F6N4OS. The van der Waals surface area contributed by atoms with E-state index in [-0.39, 0.29) is 46.0 Å². The van der Waals surface area contributed by atoms with Crippen molar-refractivity contribution in [2.45, 2.75) is 24.8 Å². The summed E-state index contributed by atoms with van der Waals surface area (Å²) in [5, 5.41) is 2.42. The normalized spacial score (nSPS) is 14.1. The van der Waals surface area contributed by atoms with Gasteiger partial charge in [0.15, 0.2) is 0 Å². The summed E-state index contributed by atoms with van der Waals surface area (Å²) in [5.41, 5.74) is 9.49. The van der Waals surface area contributed by atoms with Gasteiger partial charge in [-0.15, -0.1) is 11.3 Å². The smallest absolute Gasteiger partial charge is 0.405 e. The number of nitrogens with zero attached hydrogens (tertiary/aromatic N) is 1. The van der Waals surface area contributed by atoms with Crippen LogP contribution in [0.5, 0.6) is 0 Å². The number of hydrogen-bond acceptors (Lipinski definition) is 5. The van der Waals surface area contributed by atoms with Crippen LogP contribution in [0, 0.1) is 0 Å². The topological polar surface area (TPSA) is 93.5 Å². The van der Waals surface area contributed by atoms with E-state index < -0.39 is 34.7 Å². The minimum absolute atomic E-state index is 0.0791. The molecule has 1 atom stereocenters. The molecule has 5 N–H and O–H groups in total. The molecule has 0 fully saturated rings. The van der Waals surface area contributed by atoms with Gasteiger partial charge in [0.05, 0.1) is 16.2 Å². The molecule has 1 heterocycles. The van der Waals surface area contributed by atoms with Gasteiger partial charge in [0.25, 0.3) is 5.91 Å². The lowest BCUT2D eigenvalue weighted by Gasteiger charge is -2.19. The summed E-state index contributed by atoms with van der Waals surface area (Å²) in [7, 11) is 1.27. The van der Waals surface area contributed by atoms with E-state index in [9.17, 15) is 31.1 Å². The monoisotopic (exact) mass is 478 g/mol. The van der Waals surface area contributed by atoms with E-state index in [0.717, 1.165) is 24.4 Å². The standard InChI is InChI=1S/C20H20F6N4OS/c1-29-15(6-7-27)13-9-16(32-17(13)20(24,25)26)18(31)30-12(10-28)8-11-4-2-3-5-14(11)19(21,22)23/h2-7,9,12H,8,10,27-28H2,1H3,(H,30,31)/t12-/m0/s1. The van der Waals surface area contributed by atoms with E-state index in [1.165, 1.54) is 25.2 Å². The molecule has 1 aromatic carbocycles. The van der Waals surface area contributed by atoms with Crippen molar-refractivity contribution in [2.24, 2.45) is 16.5 Å². The first-order chi connectivity index (χ1) is 14.9. The Bertz CT molecular complexity index is 1010. The third kappa shape index (κ3) is 6.10. The Kier molecular flexibility index (Phi) is 8.07. The Labute approximate surface area is 183 Å². The van der Waals surface area contributed by atoms with Gasteiger partial charge in [-0.25, -0.2) is 0 Å². The van der Waals surface area contributed by atoms with Gasteiger partial charge in [-0.1, -0.05) is 18.2 Å². The summed E-state index contributed by atoms with van der Waals surface area (Å²) in [6.45, 7) is -0.222. The summed E-state index contributed by atoms with van der Waals surface area (Å²) in [5.74, 6) is -0.890. The van der Waals surface area contributed by atoms with Crippen LogP contribution in [0.25, 0.3) is 0 Å². The fourth-order valence-corrected chi connectivity index (χ4v) is 3.91. The summed E-state index contributed by atoms with van der Waals surface area (Å²) >= 11 is 0.197. The molecule has 0 unspecified atom stereocenters. The van der Waals surface area contributed by atoms with Gasteiger partial charge >= 0.3 is 12.4 Å². The van der Waals surface area contributed by atoms with Gasteiger partial charge in [-0.3, -0.25) is 9.79 Å². The van der Waals surface area contributed by atoms with Crippen molar-refractivity contribution < 1.29 is 31.1 Å². The minimum atomic E-state index is -4.75. The van der Waals surface area contributed by atoms with Crippen LogP contribution in [0.3, 0.4) is 0 Å². The molecule has 0 spiro atoms. The zero-order chi connectivity index (χ0) is 24.1. The number of nitrogens with two attached hydrogens (primary N) is 2. The van der Waals surface area contributed by atoms with Crippen LogP contribution in [0.1, 0.15) is 31.2 Å². The minimum Gasteiger partial charge on any atom is -0.405 e. The average molecular weight is 478 g/mol. The Morgan fingerprint density at radius 1 is 1.19 bits per heavy atom. The average Bonchev–Trinajstić information content (AvgIpc) is 3.17. The van der Waals surface area contributed by atoms with E-state index in [2.05, 4.69) is 10.3 Å². The summed E-state index contributed by atoms with van der Waals surface area (Å²) in [6, 6.07) is 4.89. The number of aliphatic imine (C=N–C) groups is 1. The lowest BCUT2D eigenvalue weighted by Crippen LogP contribution is -2.41. The fraction of sp³-hybridized carbons (Fsp3) is 0.300. The molecule has 12 heteroatoms. The molecule has 0 aliphatic heterocycles. The molecule has 1 aromatic heterocycles. The van der Waals surface area contributed by atoms with Crippen LogP contribution < -0.4 is 16.8 Å². The second-order valence-corrected chi connectivity index (χ2v) is 7.64. The Morgan fingerprint density at radius 2 is 1.84 bits per heavy atom. The first-order valence-electron chi connectivity index (χ1n) is 9.14. The Morgan fingerprint density at radius 3 is 2.38 bits per heavy atom. The summed E-state index contributed by atoms with van der Waals surface area (Å²) in [6.07, 6.45) is -7.43. The number of hydrogen-bond donors (Lipinski definition) is 3. The SMILES string of the molecule is CN=C(C=CN)c1cc(C(=O)N[C@H](CN)Cc2ccccc2C(F)(F)F)sc1C(F)(F)F. The zero-order valence-electron chi connectivity index (χ0n) is 16.7. The number of benzene rings is 1. The number of amides is 1. The number of carbonyl (C=O) groups is 1. The molecule has 0 bridgehead atoms. The van der Waals surface area contributed by atoms with Crippen molar-refractivity contribution in [1.82, 2.24) is 5.32 Å². The second-order valence-electron chi connectivity index (χ2n) is 6.58. The van der Waals surface area contributed by atoms with Crippen molar-refractivity contribution in [3.05, 3.63) is 69.1 Å². The second kappa shape index (κ2) is 10.2. The number of rotatable bonds is 7. The van der Waals surface area contributed by atoms with E-state index in [1.54, 1.807) is 0 Å². The predicted molar refractivity (Wildman–Crippen MR) is 111 cm³/mol. The molecule has 1 amide bonds. The third-order valence-corrected chi connectivity index (χ3v) is 5.57. The van der Waals surface area contributed by atoms with Gasteiger partial charge in [-0.2, -0.15) is 26.3 Å². The molecule has 2 rings (SSSR count). The van der Waals surface area contributed by atoms with Crippen LogP contribution in [0.2, 0.25) is 0 Å². The van der Waals surface area contributed by atoms with E-state index >= 15 is 0 Å². The van der Waals surface area contributed by atoms with Crippen LogP contribution >= 0.6 is 11.3 Å². The number of allylic oxidation sites excluding steroid dienone is 1. The van der Waals surface area contributed by atoms with Gasteiger partial charge in [-0.05, 0) is 36.4 Å². The molecule has 0 saturated heterocycles. The van der Waals surface area contributed by atoms with Gasteiger partial charge in [0.2, 0.25) is 0 Å². The van der Waals surface area contributed by atoms with Crippen molar-refractivity contribution in [1.29, 1.82) is 0 Å². The van der Waals surface area contributed by atoms with Crippen LogP contribution in [-0.2, 0) is 18.8 Å². The first-order valence-corrected chi connectivity index (χ1v) is 9.96. The molecule has 174 valence electrons. The molecule has 0 radical (unpaired) electrons. The third-order valence-electron chi connectivity index (χ3n) is 4.39. The predicted octanol–water partition coefficient (Wildman–Crippen LogP) is 3.98. The van der Waals surface area contributed by atoms with Crippen LogP contribution in [0.15, 0.2) is 47.6 Å². The lowest BCUT2D eigenvalue weighted by molar-refractivity contribution is -0.138. The van der Waals surface area contributed by atoms with Gasteiger partial charge < -0.3 is 16.8 Å². The largest absolute Gasteiger partial charge is 0.426 e. The van der Waals surface area contributed by atoms with E-state index in [1.807, 2.05) is 0 Å². The fourth-order valence-electron chi connectivity index (χ4n) is 2.97. The maximum absolute atomic E-state index is 13.5. The molecule has 2 aromatic rings. The molecular weight excluding hydrogens is 458 g/mol. The maximum atomic E-state index is 13.5. The highest BCUT2D eigenvalue weighted by molar-refractivity contribution is 7.14. The maximum Gasteiger partial charge on any atom is 0.426 e. The van der Waals surface area contributed by atoms with E-state index in [0.29, 0.717) is 0 Å². The summed E-state index contributed by atoms with van der Waals surface area (Å²) < 4.78 is 80.1. The number of alkyl halides is 6. The van der Waals surface area contributed by atoms with Crippen molar-refractivity contribution >= 4 is 23.0 Å². The molecule has 0 aliphatic rings. The molecule has 5 nitrogen and oxygen atoms in total. The Balaban J connectivity index is 2.33. The highest BCUT2D eigenvalue weighted by Crippen LogP contribution is 2.39. The van der Waals surface area contributed by atoms with Crippen molar-refractivity contribution in [3.8, 4) is 0 Å². The zero-order valence-corrected chi connectivity index (χ0v) is 17.5. The quantitative estimate of drug-likeness (QED) is 0.415. The van der Waals surface area contributed by atoms with Crippen LogP contribution in [-0.4, -0.2) is 31.3 Å². The number of carbonyl (C=O) groups excluding carboxylic acids is 1. The molecule has 0 saturated carbocycles. The Hall–Kier alpha value is -2.86.